The van der Waals surface area contributed by atoms with Crippen LogP contribution in [0.2, 0.25) is 0 Å². The van der Waals surface area contributed by atoms with Crippen LogP contribution >= 0.6 is 0 Å². The van der Waals surface area contributed by atoms with Crippen molar-refractivity contribution in [3.63, 3.8) is 0 Å². The Morgan fingerprint density at radius 2 is 1.68 bits per heavy atom. The van der Waals surface area contributed by atoms with Gasteiger partial charge >= 0.3 is 0 Å². The lowest BCUT2D eigenvalue weighted by atomic mass is 10.1. The number of rotatable bonds is 7. The Kier molecular flexibility index (Phi) is 6.75. The van der Waals surface area contributed by atoms with Gasteiger partial charge in [-0.25, -0.2) is 0 Å². The van der Waals surface area contributed by atoms with E-state index in [0.717, 1.165) is 16.7 Å². The summed E-state index contributed by atoms with van der Waals surface area (Å²) in [6.07, 6.45) is 0.303. The third kappa shape index (κ3) is 6.07. The number of carbonyl (C=O) groups is 2. The van der Waals surface area contributed by atoms with Crippen LogP contribution < -0.4 is 5.32 Å². The first-order valence-electron chi connectivity index (χ1n) is 8.58. The molecule has 0 atom stereocenters. The summed E-state index contributed by atoms with van der Waals surface area (Å²) in [5.74, 6) is -0.0642. The molecule has 4 heteroatoms. The average molecular weight is 338 g/mol. The van der Waals surface area contributed by atoms with Crippen LogP contribution in [-0.4, -0.2) is 23.3 Å². The van der Waals surface area contributed by atoms with E-state index in [1.807, 2.05) is 62.4 Å². The van der Waals surface area contributed by atoms with Gasteiger partial charge in [-0.1, -0.05) is 54.1 Å². The fraction of sp³-hybridized carbons (Fsp3) is 0.333. The normalized spacial score (nSPS) is 10.4. The van der Waals surface area contributed by atoms with Gasteiger partial charge in [0.1, 0.15) is 0 Å². The van der Waals surface area contributed by atoms with Crippen molar-refractivity contribution in [2.45, 2.75) is 40.3 Å². The lowest BCUT2D eigenvalue weighted by molar-refractivity contribution is -0.130. The molecule has 4 nitrogen and oxygen atoms in total. The van der Waals surface area contributed by atoms with Crippen LogP contribution in [0.15, 0.2) is 48.5 Å². The number of nitrogens with one attached hydrogen (secondary N) is 1. The van der Waals surface area contributed by atoms with Gasteiger partial charge in [-0.05, 0) is 30.5 Å². The van der Waals surface area contributed by atoms with Crippen LogP contribution in [0.5, 0.6) is 0 Å². The number of aryl methyl sites for hydroxylation is 2. The minimum atomic E-state index is -0.0431. The molecular weight excluding hydrogens is 312 g/mol. The van der Waals surface area contributed by atoms with Crippen molar-refractivity contribution in [3.05, 3.63) is 70.8 Å². The van der Waals surface area contributed by atoms with E-state index in [-0.39, 0.29) is 11.8 Å². The van der Waals surface area contributed by atoms with E-state index in [2.05, 4.69) is 5.32 Å². The van der Waals surface area contributed by atoms with Gasteiger partial charge in [0.05, 0.1) is 0 Å². The van der Waals surface area contributed by atoms with Crippen LogP contribution in [0.4, 0.5) is 0 Å². The lowest BCUT2D eigenvalue weighted by Crippen LogP contribution is -2.33. The molecule has 0 spiro atoms. The van der Waals surface area contributed by atoms with Crippen molar-refractivity contribution in [3.8, 4) is 0 Å². The Labute approximate surface area is 149 Å². The molecule has 0 aromatic heterocycles. The third-order valence-electron chi connectivity index (χ3n) is 4.29. The van der Waals surface area contributed by atoms with Gasteiger partial charge < -0.3 is 10.2 Å². The summed E-state index contributed by atoms with van der Waals surface area (Å²) < 4.78 is 0. The average Bonchev–Trinajstić information content (AvgIpc) is 2.59. The zero-order valence-electron chi connectivity index (χ0n) is 15.2. The van der Waals surface area contributed by atoms with E-state index in [1.54, 1.807) is 11.8 Å². The molecule has 0 unspecified atom stereocenters. The zero-order chi connectivity index (χ0) is 18.2. The Morgan fingerprint density at radius 3 is 2.32 bits per heavy atom. The molecule has 0 aliphatic heterocycles. The highest BCUT2D eigenvalue weighted by atomic mass is 16.2. The van der Waals surface area contributed by atoms with Crippen LogP contribution in [0, 0.1) is 13.8 Å². The molecule has 2 rings (SSSR count). The topological polar surface area (TPSA) is 49.4 Å². The maximum Gasteiger partial charge on any atom is 0.222 e. The van der Waals surface area contributed by atoms with Crippen LogP contribution in [0.25, 0.3) is 0 Å². The quantitative estimate of drug-likeness (QED) is 0.841. The fourth-order valence-electron chi connectivity index (χ4n) is 2.59. The first-order chi connectivity index (χ1) is 12.0. The number of benzene rings is 2. The molecule has 0 heterocycles. The maximum atomic E-state index is 12.1. The van der Waals surface area contributed by atoms with E-state index in [4.69, 9.17) is 0 Å². The second kappa shape index (κ2) is 9.02. The molecule has 0 saturated heterocycles. The third-order valence-corrected chi connectivity index (χ3v) is 4.29. The summed E-state index contributed by atoms with van der Waals surface area (Å²) in [7, 11) is 0. The largest absolute Gasteiger partial charge is 0.352 e. The maximum absolute atomic E-state index is 12.1. The number of hydrogen-bond acceptors (Lipinski definition) is 2. The molecule has 132 valence electrons. The van der Waals surface area contributed by atoms with Crippen molar-refractivity contribution in [1.29, 1.82) is 0 Å². The minimum Gasteiger partial charge on any atom is -0.352 e. The molecule has 2 aromatic rings. The highest BCUT2D eigenvalue weighted by molar-refractivity contribution is 5.78. The summed E-state index contributed by atoms with van der Waals surface area (Å²) in [4.78, 5) is 25.7. The Hall–Kier alpha value is -2.62. The van der Waals surface area contributed by atoms with Gasteiger partial charge in [-0.3, -0.25) is 9.59 Å². The number of nitrogens with zero attached hydrogens (tertiary/aromatic N) is 1. The van der Waals surface area contributed by atoms with Crippen molar-refractivity contribution >= 4 is 11.8 Å². The monoisotopic (exact) mass is 338 g/mol. The fourth-order valence-corrected chi connectivity index (χ4v) is 2.59. The molecule has 0 fully saturated rings. The van der Waals surface area contributed by atoms with Crippen LogP contribution in [0.3, 0.4) is 0 Å². The molecule has 0 aliphatic carbocycles. The molecule has 0 radical (unpaired) electrons. The Morgan fingerprint density at radius 1 is 1.00 bits per heavy atom. The Bertz CT molecular complexity index is 723. The highest BCUT2D eigenvalue weighted by Gasteiger charge is 2.12. The standard InChI is InChI=1S/C21H26N2O2/c1-16-8-10-19(11-9-16)15-23(18(3)24)13-12-21(25)22-14-20-7-5-4-6-17(20)2/h4-11H,12-15H2,1-3H3,(H,22,25). The van der Waals surface area contributed by atoms with Gasteiger partial charge in [0.15, 0.2) is 0 Å². The first-order valence-corrected chi connectivity index (χ1v) is 8.58. The van der Waals surface area contributed by atoms with Gasteiger partial charge in [0.25, 0.3) is 0 Å². The zero-order valence-corrected chi connectivity index (χ0v) is 15.2. The van der Waals surface area contributed by atoms with Crippen molar-refractivity contribution in [2.24, 2.45) is 0 Å². The van der Waals surface area contributed by atoms with Crippen LogP contribution in [0.1, 0.15) is 35.6 Å². The predicted octanol–water partition coefficient (Wildman–Crippen LogP) is 3.36. The molecule has 1 N–H and O–H groups in total. The second-order valence-electron chi connectivity index (χ2n) is 6.38. The van der Waals surface area contributed by atoms with Gasteiger partial charge in [0.2, 0.25) is 11.8 Å². The smallest absolute Gasteiger partial charge is 0.222 e. The van der Waals surface area contributed by atoms with Crippen molar-refractivity contribution in [2.75, 3.05) is 6.54 Å². The second-order valence-corrected chi connectivity index (χ2v) is 6.38. The lowest BCUT2D eigenvalue weighted by Gasteiger charge is -2.21. The van der Waals surface area contributed by atoms with Crippen LogP contribution in [-0.2, 0) is 22.7 Å². The first kappa shape index (κ1) is 18.7. The summed E-state index contributed by atoms with van der Waals surface area (Å²) in [5, 5.41) is 2.93. The summed E-state index contributed by atoms with van der Waals surface area (Å²) in [6.45, 7) is 7.07. The summed E-state index contributed by atoms with van der Waals surface area (Å²) in [6, 6.07) is 16.1. The Balaban J connectivity index is 1.83. The molecule has 2 aromatic carbocycles. The molecule has 0 aliphatic rings. The predicted molar refractivity (Wildman–Crippen MR) is 99.9 cm³/mol. The van der Waals surface area contributed by atoms with E-state index in [9.17, 15) is 9.59 Å². The van der Waals surface area contributed by atoms with E-state index < -0.39 is 0 Å². The van der Waals surface area contributed by atoms with E-state index in [0.29, 0.717) is 26.1 Å². The number of carbonyl (C=O) groups excluding carboxylic acids is 2. The number of amides is 2. The van der Waals surface area contributed by atoms with Gasteiger partial charge in [-0.15, -0.1) is 0 Å². The van der Waals surface area contributed by atoms with Crippen molar-refractivity contribution < 1.29 is 9.59 Å². The molecular formula is C21H26N2O2. The molecule has 0 saturated carbocycles. The van der Waals surface area contributed by atoms with Crippen molar-refractivity contribution in [1.82, 2.24) is 10.2 Å². The molecule has 0 bridgehead atoms. The van der Waals surface area contributed by atoms with Gasteiger partial charge in [-0.2, -0.15) is 0 Å². The summed E-state index contributed by atoms with van der Waals surface area (Å²) >= 11 is 0. The number of hydrogen-bond donors (Lipinski definition) is 1. The molecule has 25 heavy (non-hydrogen) atoms. The highest BCUT2D eigenvalue weighted by Crippen LogP contribution is 2.09. The van der Waals surface area contributed by atoms with E-state index in [1.165, 1.54) is 5.56 Å². The van der Waals surface area contributed by atoms with E-state index >= 15 is 0 Å². The minimum absolute atomic E-state index is 0.0210. The SMILES string of the molecule is CC(=O)N(CCC(=O)NCc1ccccc1C)Cc1ccc(C)cc1. The molecule has 2 amide bonds. The van der Waals surface area contributed by atoms with Gasteiger partial charge in [0, 0.05) is 33.0 Å². The summed E-state index contributed by atoms with van der Waals surface area (Å²) in [5.41, 5.74) is 4.53.